The van der Waals surface area contributed by atoms with E-state index in [0.717, 1.165) is 0 Å². The molecule has 3 aromatic rings. The number of phenols is 1. The third-order valence-electron chi connectivity index (χ3n) is 4.05. The molecule has 0 amide bonds. The van der Waals surface area contributed by atoms with Crippen molar-refractivity contribution in [3.63, 3.8) is 0 Å². The predicted octanol–water partition coefficient (Wildman–Crippen LogP) is 2.91. The summed E-state index contributed by atoms with van der Waals surface area (Å²) in [5.41, 5.74) is 0.759. The van der Waals surface area contributed by atoms with Gasteiger partial charge >= 0.3 is 0 Å². The molecule has 25 heavy (non-hydrogen) atoms. The molecule has 128 valence electrons. The van der Waals surface area contributed by atoms with Gasteiger partial charge in [-0.05, 0) is 17.7 Å². The molecule has 0 fully saturated rings. The molecule has 2 aromatic carbocycles. The fourth-order valence-electron chi connectivity index (χ4n) is 2.86. The summed E-state index contributed by atoms with van der Waals surface area (Å²) in [6.07, 6.45) is 1.32. The molecule has 0 radical (unpaired) electrons. The molecule has 0 spiro atoms. The smallest absolute Gasteiger partial charge is 0.231 e. The van der Waals surface area contributed by atoms with Gasteiger partial charge in [0.25, 0.3) is 0 Å². The van der Waals surface area contributed by atoms with Crippen LogP contribution in [0.3, 0.4) is 0 Å². The standard InChI is InChI=1S/C18H14O7/c1-21-14-6-11(19)17(22-2)18-15(14)16(20)10(7-23-18)9-3-4-12-13(5-9)25-8-24-12/h3-7,19H,8H2,1-2H3. The lowest BCUT2D eigenvalue weighted by atomic mass is 10.0. The van der Waals surface area contributed by atoms with Crippen molar-refractivity contribution >= 4 is 11.0 Å². The molecule has 1 aromatic heterocycles. The van der Waals surface area contributed by atoms with Crippen LogP contribution in [-0.2, 0) is 0 Å². The van der Waals surface area contributed by atoms with Crippen LogP contribution in [0.2, 0.25) is 0 Å². The van der Waals surface area contributed by atoms with E-state index in [1.165, 1.54) is 26.5 Å². The lowest BCUT2D eigenvalue weighted by Gasteiger charge is -2.11. The number of fused-ring (bicyclic) bond motifs is 2. The molecule has 0 bridgehead atoms. The Bertz CT molecular complexity index is 1040. The Labute approximate surface area is 141 Å². The summed E-state index contributed by atoms with van der Waals surface area (Å²) >= 11 is 0. The van der Waals surface area contributed by atoms with Crippen molar-refractivity contribution in [3.05, 3.63) is 40.8 Å². The number of ether oxygens (including phenoxy) is 4. The highest BCUT2D eigenvalue weighted by molar-refractivity contribution is 5.93. The zero-order chi connectivity index (χ0) is 17.6. The third kappa shape index (κ3) is 2.24. The average molecular weight is 342 g/mol. The van der Waals surface area contributed by atoms with Crippen LogP contribution < -0.4 is 24.4 Å². The van der Waals surface area contributed by atoms with Gasteiger partial charge in [-0.25, -0.2) is 0 Å². The van der Waals surface area contributed by atoms with E-state index in [2.05, 4.69) is 0 Å². The minimum atomic E-state index is -0.310. The summed E-state index contributed by atoms with van der Waals surface area (Å²) in [6, 6.07) is 6.51. The molecule has 1 aliphatic heterocycles. The van der Waals surface area contributed by atoms with Crippen molar-refractivity contribution in [2.75, 3.05) is 21.0 Å². The largest absolute Gasteiger partial charge is 0.504 e. The van der Waals surface area contributed by atoms with Gasteiger partial charge in [0.05, 0.1) is 19.8 Å². The molecule has 0 saturated heterocycles. The molecule has 0 aliphatic carbocycles. The average Bonchev–Trinajstić information content (AvgIpc) is 3.09. The molecule has 1 N–H and O–H groups in total. The van der Waals surface area contributed by atoms with Crippen molar-refractivity contribution < 1.29 is 28.5 Å². The monoisotopic (exact) mass is 342 g/mol. The maximum atomic E-state index is 13.0. The maximum absolute atomic E-state index is 13.0. The van der Waals surface area contributed by atoms with Crippen molar-refractivity contribution in [2.45, 2.75) is 0 Å². The molecule has 7 nitrogen and oxygen atoms in total. The third-order valence-corrected chi connectivity index (χ3v) is 4.05. The summed E-state index contributed by atoms with van der Waals surface area (Å²) in [5, 5.41) is 10.2. The van der Waals surface area contributed by atoms with Gasteiger partial charge in [0.2, 0.25) is 18.0 Å². The van der Waals surface area contributed by atoms with Crippen LogP contribution in [0.25, 0.3) is 22.1 Å². The normalized spacial score (nSPS) is 12.4. The molecular weight excluding hydrogens is 328 g/mol. The Hall–Kier alpha value is -3.35. The van der Waals surface area contributed by atoms with Gasteiger partial charge in [0.1, 0.15) is 17.4 Å². The molecule has 0 atom stereocenters. The number of aromatic hydroxyl groups is 1. The molecule has 4 rings (SSSR count). The lowest BCUT2D eigenvalue weighted by molar-refractivity contribution is 0.174. The summed E-state index contributed by atoms with van der Waals surface area (Å²) in [4.78, 5) is 13.0. The van der Waals surface area contributed by atoms with Gasteiger partial charge in [-0.3, -0.25) is 4.79 Å². The number of rotatable bonds is 3. The van der Waals surface area contributed by atoms with Gasteiger partial charge < -0.3 is 28.5 Å². The van der Waals surface area contributed by atoms with E-state index in [1.54, 1.807) is 18.2 Å². The first-order valence-electron chi connectivity index (χ1n) is 7.43. The Morgan fingerprint density at radius 1 is 1.08 bits per heavy atom. The van der Waals surface area contributed by atoms with E-state index >= 15 is 0 Å². The SMILES string of the molecule is COc1c(O)cc(OC)c2c(=O)c(-c3ccc4c(c3)OCO4)coc12. The van der Waals surface area contributed by atoms with Crippen molar-refractivity contribution in [1.82, 2.24) is 0 Å². The Balaban J connectivity index is 2.00. The van der Waals surface area contributed by atoms with Crippen LogP contribution >= 0.6 is 0 Å². The topological polar surface area (TPSA) is 87.4 Å². The number of methoxy groups -OCH3 is 2. The molecule has 0 saturated carbocycles. The second-order valence-corrected chi connectivity index (χ2v) is 5.38. The Morgan fingerprint density at radius 3 is 2.64 bits per heavy atom. The van der Waals surface area contributed by atoms with Gasteiger partial charge in [-0.2, -0.15) is 0 Å². The second-order valence-electron chi connectivity index (χ2n) is 5.38. The fourth-order valence-corrected chi connectivity index (χ4v) is 2.86. The van der Waals surface area contributed by atoms with E-state index in [1.807, 2.05) is 0 Å². The first-order valence-corrected chi connectivity index (χ1v) is 7.43. The molecule has 2 heterocycles. The Morgan fingerprint density at radius 2 is 1.88 bits per heavy atom. The highest BCUT2D eigenvalue weighted by atomic mass is 16.7. The first kappa shape index (κ1) is 15.2. The van der Waals surface area contributed by atoms with Crippen molar-refractivity contribution in [1.29, 1.82) is 0 Å². The quantitative estimate of drug-likeness (QED) is 0.783. The zero-order valence-electron chi connectivity index (χ0n) is 13.5. The maximum Gasteiger partial charge on any atom is 0.231 e. The van der Waals surface area contributed by atoms with Gasteiger partial charge in [-0.1, -0.05) is 6.07 Å². The van der Waals surface area contributed by atoms with Gasteiger partial charge in [-0.15, -0.1) is 0 Å². The van der Waals surface area contributed by atoms with Crippen LogP contribution in [0.1, 0.15) is 0 Å². The summed E-state index contributed by atoms with van der Waals surface area (Å²) in [5.74, 6) is 1.28. The first-order chi connectivity index (χ1) is 12.1. The highest BCUT2D eigenvalue weighted by Gasteiger charge is 2.21. The van der Waals surface area contributed by atoms with Crippen LogP contribution in [0.4, 0.5) is 0 Å². The molecule has 1 aliphatic rings. The zero-order valence-corrected chi connectivity index (χ0v) is 13.5. The predicted molar refractivity (Wildman–Crippen MR) is 88.8 cm³/mol. The van der Waals surface area contributed by atoms with Gasteiger partial charge in [0.15, 0.2) is 22.8 Å². The number of hydrogen-bond acceptors (Lipinski definition) is 7. The van der Waals surface area contributed by atoms with Crippen LogP contribution in [0.15, 0.2) is 39.7 Å². The summed E-state index contributed by atoms with van der Waals surface area (Å²) in [6.45, 7) is 0.148. The Kier molecular flexibility index (Phi) is 3.42. The minimum absolute atomic E-state index is 0.0742. The molecule has 0 unspecified atom stereocenters. The van der Waals surface area contributed by atoms with Gasteiger partial charge in [0, 0.05) is 6.07 Å². The molecule has 7 heteroatoms. The highest BCUT2D eigenvalue weighted by Crippen LogP contribution is 2.41. The van der Waals surface area contributed by atoms with Crippen LogP contribution in [0, 0.1) is 0 Å². The van der Waals surface area contributed by atoms with Crippen molar-refractivity contribution in [2.24, 2.45) is 0 Å². The van der Waals surface area contributed by atoms with E-state index < -0.39 is 0 Å². The van der Waals surface area contributed by atoms with E-state index in [0.29, 0.717) is 22.6 Å². The summed E-state index contributed by atoms with van der Waals surface area (Å²) < 4.78 is 26.6. The van der Waals surface area contributed by atoms with E-state index in [4.69, 9.17) is 23.4 Å². The van der Waals surface area contributed by atoms with Crippen LogP contribution in [0.5, 0.6) is 28.7 Å². The molecular formula is C18H14O7. The fraction of sp³-hybridized carbons (Fsp3) is 0.167. The summed E-state index contributed by atoms with van der Waals surface area (Å²) in [7, 11) is 2.79. The van der Waals surface area contributed by atoms with Crippen LogP contribution in [-0.4, -0.2) is 26.1 Å². The number of phenolic OH excluding ortho intramolecular Hbond substituents is 1. The van der Waals surface area contributed by atoms with E-state index in [-0.39, 0.29) is 40.4 Å². The van der Waals surface area contributed by atoms with Crippen molar-refractivity contribution in [3.8, 4) is 39.9 Å². The minimum Gasteiger partial charge on any atom is -0.504 e. The van der Waals surface area contributed by atoms with E-state index in [9.17, 15) is 9.90 Å². The lowest BCUT2D eigenvalue weighted by Crippen LogP contribution is -2.07. The second kappa shape index (κ2) is 5.62. The number of benzene rings is 2. The number of hydrogen-bond donors (Lipinski definition) is 1.